The number of ether oxygens (including phenoxy) is 1. The quantitative estimate of drug-likeness (QED) is 0.367. The fourth-order valence-electron chi connectivity index (χ4n) is 5.41. The number of carbonyl (C=O) groups is 1. The summed E-state index contributed by atoms with van der Waals surface area (Å²) in [6.45, 7) is 2.81. The number of carboxylic acids is 1. The Bertz CT molecular complexity index is 1130. The highest BCUT2D eigenvalue weighted by atomic mass is 19.1. The second kappa shape index (κ2) is 12.7. The predicted molar refractivity (Wildman–Crippen MR) is 137 cm³/mol. The molecule has 0 aliphatic carbocycles. The number of benzene rings is 1. The maximum Gasteiger partial charge on any atom is 0.303 e. The Labute approximate surface area is 211 Å². The van der Waals surface area contributed by atoms with Gasteiger partial charge < -0.3 is 14.7 Å². The van der Waals surface area contributed by atoms with Crippen LogP contribution < -0.4 is 4.74 Å². The van der Waals surface area contributed by atoms with Gasteiger partial charge in [-0.3, -0.25) is 9.78 Å². The molecule has 8 heteroatoms. The lowest BCUT2D eigenvalue weighted by Crippen LogP contribution is -2.41. The summed E-state index contributed by atoms with van der Waals surface area (Å²) in [4.78, 5) is 18.1. The molecule has 1 fully saturated rings. The van der Waals surface area contributed by atoms with E-state index in [1.165, 1.54) is 5.56 Å². The van der Waals surface area contributed by atoms with Crippen LogP contribution in [0.1, 0.15) is 55.8 Å². The highest BCUT2D eigenvalue weighted by Crippen LogP contribution is 2.36. The molecule has 0 spiro atoms. The predicted octanol–water partition coefficient (Wildman–Crippen LogP) is 5.26. The van der Waals surface area contributed by atoms with E-state index in [-0.39, 0.29) is 12.3 Å². The van der Waals surface area contributed by atoms with Gasteiger partial charge in [0.25, 0.3) is 0 Å². The van der Waals surface area contributed by atoms with Gasteiger partial charge in [-0.05, 0) is 105 Å². The van der Waals surface area contributed by atoms with Gasteiger partial charge >= 0.3 is 5.97 Å². The van der Waals surface area contributed by atoms with Crippen molar-refractivity contribution in [1.29, 1.82) is 0 Å². The van der Waals surface area contributed by atoms with Crippen molar-refractivity contribution in [3.63, 3.8) is 0 Å². The number of alkyl halides is 1. The number of likely N-dealkylation sites (tertiary alicyclic amines) is 1. The number of aromatic nitrogens is 3. The van der Waals surface area contributed by atoms with Crippen molar-refractivity contribution >= 4 is 16.9 Å². The molecule has 4 rings (SSSR count). The first-order chi connectivity index (χ1) is 17.5. The monoisotopic (exact) mass is 494 g/mol. The van der Waals surface area contributed by atoms with Crippen molar-refractivity contribution in [2.75, 3.05) is 26.7 Å². The van der Waals surface area contributed by atoms with Crippen molar-refractivity contribution in [2.45, 2.75) is 51.1 Å². The lowest BCUT2D eigenvalue weighted by atomic mass is 9.79. The summed E-state index contributed by atoms with van der Waals surface area (Å²) in [5.74, 6) is 0.506. The topological polar surface area (TPSA) is 88.4 Å². The summed E-state index contributed by atoms with van der Waals surface area (Å²) in [5, 5.41) is 17.8. The third kappa shape index (κ3) is 6.97. The molecular formula is C28H35FN4O3. The normalized spacial score (nSPS) is 19.3. The first-order valence-corrected chi connectivity index (χ1v) is 12.8. The SMILES string of the molecule is COc1ccc2nccc([C@H](F)CC[C@@H]3CCN(CCCc4ccnnc4)C[C@H]3CCC(=O)O)c2c1. The lowest BCUT2D eigenvalue weighted by molar-refractivity contribution is -0.137. The largest absolute Gasteiger partial charge is 0.497 e. The number of methoxy groups -OCH3 is 1. The zero-order valence-electron chi connectivity index (χ0n) is 20.9. The van der Waals surface area contributed by atoms with Gasteiger partial charge in [-0.2, -0.15) is 10.2 Å². The Kier molecular flexibility index (Phi) is 9.17. The van der Waals surface area contributed by atoms with E-state index in [1.54, 1.807) is 31.8 Å². The summed E-state index contributed by atoms with van der Waals surface area (Å²) < 4.78 is 20.8. The van der Waals surface area contributed by atoms with Gasteiger partial charge in [-0.15, -0.1) is 0 Å². The molecule has 36 heavy (non-hydrogen) atoms. The van der Waals surface area contributed by atoms with E-state index in [2.05, 4.69) is 20.1 Å². The van der Waals surface area contributed by atoms with Crippen LogP contribution in [0.4, 0.5) is 4.39 Å². The third-order valence-electron chi connectivity index (χ3n) is 7.40. The van der Waals surface area contributed by atoms with Crippen LogP contribution in [0.5, 0.6) is 5.75 Å². The lowest BCUT2D eigenvalue weighted by Gasteiger charge is -2.39. The van der Waals surface area contributed by atoms with Gasteiger partial charge in [0.15, 0.2) is 0 Å². The summed E-state index contributed by atoms with van der Waals surface area (Å²) in [5.41, 5.74) is 2.58. The fourth-order valence-corrected chi connectivity index (χ4v) is 5.41. The molecule has 0 bridgehead atoms. The van der Waals surface area contributed by atoms with Crippen molar-refractivity contribution in [3.8, 4) is 5.75 Å². The van der Waals surface area contributed by atoms with E-state index < -0.39 is 12.1 Å². The van der Waals surface area contributed by atoms with Crippen LogP contribution in [-0.2, 0) is 11.2 Å². The molecular weight excluding hydrogens is 459 g/mol. The Hall–Kier alpha value is -3.13. The summed E-state index contributed by atoms with van der Waals surface area (Å²) in [6.07, 6.45) is 8.97. The Balaban J connectivity index is 1.35. The molecule has 1 aliphatic rings. The molecule has 1 aliphatic heterocycles. The van der Waals surface area contributed by atoms with E-state index in [0.29, 0.717) is 30.1 Å². The van der Waals surface area contributed by atoms with Crippen molar-refractivity contribution in [2.24, 2.45) is 11.8 Å². The smallest absolute Gasteiger partial charge is 0.303 e. The molecule has 1 N–H and O–H groups in total. The third-order valence-corrected chi connectivity index (χ3v) is 7.40. The Morgan fingerprint density at radius 2 is 2.08 bits per heavy atom. The standard InChI is InChI=1S/C28H35FN4O3/c1-36-23-6-8-27-25(17-23)24(11-13-30-27)26(29)7-4-21-12-16-33(19-22(21)5-9-28(34)35)15-2-3-20-10-14-31-32-18-20/h6,8,10-11,13-14,17-18,21-22,26H,2-5,7,9,12,15-16,19H2,1H3,(H,34,35)/t21-,22-,26-/m1/s1. The number of rotatable bonds is 12. The number of hydrogen-bond acceptors (Lipinski definition) is 6. The molecule has 1 aromatic carbocycles. The molecule has 0 unspecified atom stereocenters. The maximum atomic E-state index is 15.5. The maximum absolute atomic E-state index is 15.5. The van der Waals surface area contributed by atoms with Gasteiger partial charge in [-0.25, -0.2) is 4.39 Å². The van der Waals surface area contributed by atoms with Crippen molar-refractivity contribution in [1.82, 2.24) is 20.1 Å². The van der Waals surface area contributed by atoms with E-state index in [4.69, 9.17) is 4.74 Å². The van der Waals surface area contributed by atoms with E-state index in [9.17, 15) is 9.90 Å². The molecule has 7 nitrogen and oxygen atoms in total. The number of nitrogens with zero attached hydrogens (tertiary/aromatic N) is 4. The molecule has 3 heterocycles. The minimum Gasteiger partial charge on any atom is -0.497 e. The molecule has 3 atom stereocenters. The highest BCUT2D eigenvalue weighted by molar-refractivity contribution is 5.83. The highest BCUT2D eigenvalue weighted by Gasteiger charge is 2.30. The van der Waals surface area contributed by atoms with Crippen LogP contribution >= 0.6 is 0 Å². The van der Waals surface area contributed by atoms with Gasteiger partial charge in [0.1, 0.15) is 11.9 Å². The second-order valence-corrected chi connectivity index (χ2v) is 9.72. The minimum absolute atomic E-state index is 0.158. The summed E-state index contributed by atoms with van der Waals surface area (Å²) >= 11 is 0. The Morgan fingerprint density at radius 3 is 2.86 bits per heavy atom. The summed E-state index contributed by atoms with van der Waals surface area (Å²) in [7, 11) is 1.60. The number of aryl methyl sites for hydroxylation is 1. The van der Waals surface area contributed by atoms with Gasteiger partial charge in [0.05, 0.1) is 18.8 Å². The molecule has 0 saturated carbocycles. The molecule has 0 radical (unpaired) electrons. The molecule has 1 saturated heterocycles. The zero-order valence-corrected chi connectivity index (χ0v) is 20.9. The first kappa shape index (κ1) is 25.9. The van der Waals surface area contributed by atoms with Crippen LogP contribution in [0, 0.1) is 11.8 Å². The molecule has 192 valence electrons. The van der Waals surface area contributed by atoms with Crippen LogP contribution in [-0.4, -0.2) is 57.9 Å². The van der Waals surface area contributed by atoms with Crippen molar-refractivity contribution < 1.29 is 19.0 Å². The molecule has 0 amide bonds. The number of halogens is 1. The number of carboxylic acid groups (broad SMARTS) is 1. The fraction of sp³-hybridized carbons (Fsp3) is 0.500. The second-order valence-electron chi connectivity index (χ2n) is 9.72. The van der Waals surface area contributed by atoms with E-state index in [0.717, 1.165) is 56.2 Å². The molecule has 3 aromatic rings. The van der Waals surface area contributed by atoms with Gasteiger partial charge in [-0.1, -0.05) is 0 Å². The number of pyridine rings is 1. The average molecular weight is 495 g/mol. The zero-order chi connectivity index (χ0) is 25.3. The van der Waals surface area contributed by atoms with Crippen LogP contribution in [0.15, 0.2) is 48.9 Å². The average Bonchev–Trinajstić information content (AvgIpc) is 2.91. The summed E-state index contributed by atoms with van der Waals surface area (Å²) in [6, 6.07) is 9.29. The van der Waals surface area contributed by atoms with Crippen LogP contribution in [0.2, 0.25) is 0 Å². The van der Waals surface area contributed by atoms with Crippen LogP contribution in [0.3, 0.4) is 0 Å². The van der Waals surface area contributed by atoms with Crippen LogP contribution in [0.25, 0.3) is 10.9 Å². The number of fused-ring (bicyclic) bond motifs is 1. The van der Waals surface area contributed by atoms with Gasteiger partial charge in [0.2, 0.25) is 0 Å². The van der Waals surface area contributed by atoms with E-state index >= 15 is 4.39 Å². The first-order valence-electron chi connectivity index (χ1n) is 12.8. The number of aliphatic carboxylic acids is 1. The number of hydrogen-bond donors (Lipinski definition) is 1. The van der Waals surface area contributed by atoms with E-state index in [1.807, 2.05) is 24.3 Å². The minimum atomic E-state index is -1.10. The molecule has 2 aromatic heterocycles. The van der Waals surface area contributed by atoms with Gasteiger partial charge in [0, 0.05) is 30.7 Å². The number of piperidine rings is 1. The Morgan fingerprint density at radius 1 is 1.19 bits per heavy atom. The van der Waals surface area contributed by atoms with Crippen molar-refractivity contribution in [3.05, 3.63) is 60.0 Å².